The summed E-state index contributed by atoms with van der Waals surface area (Å²) in [6, 6.07) is 21.0. The highest BCUT2D eigenvalue weighted by atomic mass is 32.2. The lowest BCUT2D eigenvalue weighted by atomic mass is 10.0. The van der Waals surface area contributed by atoms with E-state index in [0.717, 1.165) is 16.1 Å². The number of aryl methyl sites for hydroxylation is 1. The van der Waals surface area contributed by atoms with E-state index in [9.17, 15) is 22.4 Å². The van der Waals surface area contributed by atoms with Crippen LogP contribution in [-0.4, -0.2) is 51.0 Å². The van der Waals surface area contributed by atoms with Crippen molar-refractivity contribution in [2.75, 3.05) is 24.2 Å². The zero-order valence-electron chi connectivity index (χ0n) is 20.5. The average Bonchev–Trinajstić information content (AvgIpc) is 2.85. The predicted molar refractivity (Wildman–Crippen MR) is 138 cm³/mol. The quantitative estimate of drug-likeness (QED) is 0.453. The lowest BCUT2D eigenvalue weighted by molar-refractivity contribution is -0.139. The number of hydrogen-bond acceptors (Lipinski definition) is 4. The zero-order valence-corrected chi connectivity index (χ0v) is 21.3. The van der Waals surface area contributed by atoms with Gasteiger partial charge in [0.1, 0.15) is 18.4 Å². The molecule has 3 rings (SSSR count). The molecular weight excluding hydrogens is 481 g/mol. The van der Waals surface area contributed by atoms with Crippen molar-refractivity contribution in [3.8, 4) is 0 Å². The van der Waals surface area contributed by atoms with E-state index in [1.807, 2.05) is 30.3 Å². The minimum absolute atomic E-state index is 0.171. The minimum atomic E-state index is -3.85. The van der Waals surface area contributed by atoms with Gasteiger partial charge in [0.15, 0.2) is 0 Å². The topological polar surface area (TPSA) is 86.8 Å². The molecule has 0 saturated heterocycles. The second kappa shape index (κ2) is 11.8. The number of nitrogens with zero attached hydrogens (tertiary/aromatic N) is 2. The molecule has 1 N–H and O–H groups in total. The highest BCUT2D eigenvalue weighted by Crippen LogP contribution is 2.23. The number of benzene rings is 3. The molecule has 0 aliphatic rings. The molecule has 9 heteroatoms. The second-order valence-electron chi connectivity index (χ2n) is 8.49. The summed E-state index contributed by atoms with van der Waals surface area (Å²) >= 11 is 0. The van der Waals surface area contributed by atoms with Crippen LogP contribution in [0.25, 0.3) is 0 Å². The first-order valence-corrected chi connectivity index (χ1v) is 13.3. The fraction of sp³-hybridized carbons (Fsp3) is 0.259. The third kappa shape index (κ3) is 6.69. The summed E-state index contributed by atoms with van der Waals surface area (Å²) in [7, 11) is -2.39. The van der Waals surface area contributed by atoms with E-state index >= 15 is 0 Å². The van der Waals surface area contributed by atoms with Crippen molar-refractivity contribution in [3.05, 3.63) is 101 Å². The molecule has 1 atom stereocenters. The Hall–Kier alpha value is -3.72. The number of nitrogens with one attached hydrogen (secondary N) is 1. The molecule has 0 spiro atoms. The van der Waals surface area contributed by atoms with E-state index in [-0.39, 0.29) is 18.5 Å². The minimum Gasteiger partial charge on any atom is -0.357 e. The van der Waals surface area contributed by atoms with Crippen LogP contribution in [0.15, 0.2) is 78.9 Å². The fourth-order valence-electron chi connectivity index (χ4n) is 3.97. The van der Waals surface area contributed by atoms with Gasteiger partial charge in [-0.05, 0) is 30.2 Å². The molecule has 0 aliphatic heterocycles. The zero-order chi connectivity index (χ0) is 26.3. The Morgan fingerprint density at radius 1 is 0.944 bits per heavy atom. The first-order chi connectivity index (χ1) is 17.1. The van der Waals surface area contributed by atoms with Gasteiger partial charge in [0, 0.05) is 25.6 Å². The average molecular weight is 512 g/mol. The van der Waals surface area contributed by atoms with Gasteiger partial charge >= 0.3 is 0 Å². The van der Waals surface area contributed by atoms with Crippen molar-refractivity contribution in [2.45, 2.75) is 25.9 Å². The summed E-state index contributed by atoms with van der Waals surface area (Å²) < 4.78 is 41.1. The SMILES string of the molecule is CNC(=O)C(Cc1ccccc1)N(Cc1ccccc1F)C(=O)CN(c1ccccc1C)S(C)(=O)=O. The number of carbonyl (C=O) groups is 2. The molecule has 2 amide bonds. The molecule has 0 saturated carbocycles. The summed E-state index contributed by atoms with van der Waals surface area (Å²) in [6.07, 6.45) is 1.19. The lowest BCUT2D eigenvalue weighted by Crippen LogP contribution is -2.53. The van der Waals surface area contributed by atoms with Crippen LogP contribution >= 0.6 is 0 Å². The number of amides is 2. The Kier molecular flexibility index (Phi) is 8.82. The maximum absolute atomic E-state index is 14.6. The molecule has 0 radical (unpaired) electrons. The summed E-state index contributed by atoms with van der Waals surface area (Å²) in [6.45, 7) is 1.00. The molecule has 0 aromatic heterocycles. The van der Waals surface area contributed by atoms with E-state index in [2.05, 4.69) is 5.32 Å². The van der Waals surface area contributed by atoms with Crippen LogP contribution in [0.5, 0.6) is 0 Å². The Labute approximate surface area is 211 Å². The van der Waals surface area contributed by atoms with Crippen molar-refractivity contribution < 1.29 is 22.4 Å². The van der Waals surface area contributed by atoms with Crippen molar-refractivity contribution >= 4 is 27.5 Å². The highest BCUT2D eigenvalue weighted by molar-refractivity contribution is 7.92. The lowest BCUT2D eigenvalue weighted by Gasteiger charge is -2.33. The largest absolute Gasteiger partial charge is 0.357 e. The van der Waals surface area contributed by atoms with Gasteiger partial charge in [0.05, 0.1) is 11.9 Å². The molecule has 36 heavy (non-hydrogen) atoms. The van der Waals surface area contributed by atoms with E-state index in [4.69, 9.17) is 0 Å². The maximum atomic E-state index is 14.6. The summed E-state index contributed by atoms with van der Waals surface area (Å²) in [5.74, 6) is -1.59. The van der Waals surface area contributed by atoms with Gasteiger partial charge < -0.3 is 10.2 Å². The Balaban J connectivity index is 2.05. The second-order valence-corrected chi connectivity index (χ2v) is 10.4. The highest BCUT2D eigenvalue weighted by Gasteiger charge is 2.33. The van der Waals surface area contributed by atoms with Gasteiger partial charge in [-0.1, -0.05) is 66.7 Å². The molecule has 7 nitrogen and oxygen atoms in total. The summed E-state index contributed by atoms with van der Waals surface area (Å²) in [5.41, 5.74) is 2.05. The summed E-state index contributed by atoms with van der Waals surface area (Å²) in [4.78, 5) is 28.0. The molecule has 190 valence electrons. The number of hydrogen-bond donors (Lipinski definition) is 1. The van der Waals surface area contributed by atoms with Gasteiger partial charge in [0.2, 0.25) is 21.8 Å². The number of likely N-dealkylation sites (N-methyl/N-ethyl adjacent to an activating group) is 1. The molecule has 0 fully saturated rings. The third-order valence-electron chi connectivity index (χ3n) is 5.88. The maximum Gasteiger partial charge on any atom is 0.244 e. The van der Waals surface area contributed by atoms with Crippen LogP contribution in [0.1, 0.15) is 16.7 Å². The Morgan fingerprint density at radius 3 is 2.17 bits per heavy atom. The number of sulfonamides is 1. The van der Waals surface area contributed by atoms with Crippen molar-refractivity contribution in [1.29, 1.82) is 0 Å². The normalized spacial score (nSPS) is 12.0. The van der Waals surface area contributed by atoms with E-state index in [1.165, 1.54) is 30.1 Å². The standard InChI is InChI=1S/C27H30FN3O4S/c1-20-11-7-10-16-24(20)31(36(3,34)35)19-26(32)30(18-22-14-8-9-15-23(22)28)25(27(33)29-2)17-21-12-5-4-6-13-21/h4-16,25H,17-19H2,1-3H3,(H,29,33). The molecule has 3 aromatic rings. The van der Waals surface area contributed by atoms with Crippen LogP contribution in [0.2, 0.25) is 0 Å². The van der Waals surface area contributed by atoms with E-state index in [0.29, 0.717) is 11.3 Å². The molecule has 0 aliphatic carbocycles. The molecule has 1 unspecified atom stereocenters. The number of rotatable bonds is 10. The van der Waals surface area contributed by atoms with Crippen LogP contribution in [0.4, 0.5) is 10.1 Å². The molecule has 3 aromatic carbocycles. The van der Waals surface area contributed by atoms with Crippen molar-refractivity contribution in [1.82, 2.24) is 10.2 Å². The van der Waals surface area contributed by atoms with Crippen LogP contribution < -0.4 is 9.62 Å². The molecule has 0 heterocycles. The van der Waals surface area contributed by atoms with Gasteiger partial charge in [-0.2, -0.15) is 0 Å². The van der Waals surface area contributed by atoms with E-state index < -0.39 is 40.2 Å². The monoisotopic (exact) mass is 511 g/mol. The fourth-order valence-corrected chi connectivity index (χ4v) is 4.88. The van der Waals surface area contributed by atoms with Crippen molar-refractivity contribution in [2.24, 2.45) is 0 Å². The summed E-state index contributed by atoms with van der Waals surface area (Å²) in [5, 5.41) is 2.59. The Morgan fingerprint density at radius 2 is 1.56 bits per heavy atom. The number of para-hydroxylation sites is 1. The first-order valence-electron chi connectivity index (χ1n) is 11.4. The smallest absolute Gasteiger partial charge is 0.244 e. The van der Waals surface area contributed by atoms with Gasteiger partial charge in [0.25, 0.3) is 0 Å². The van der Waals surface area contributed by atoms with Crippen LogP contribution in [0, 0.1) is 12.7 Å². The van der Waals surface area contributed by atoms with E-state index in [1.54, 1.807) is 37.3 Å². The first kappa shape index (κ1) is 26.9. The third-order valence-corrected chi connectivity index (χ3v) is 7.01. The number of carbonyl (C=O) groups excluding carboxylic acids is 2. The van der Waals surface area contributed by atoms with Gasteiger partial charge in [-0.15, -0.1) is 0 Å². The van der Waals surface area contributed by atoms with Crippen LogP contribution in [0.3, 0.4) is 0 Å². The Bertz CT molecular complexity index is 1320. The predicted octanol–water partition coefficient (Wildman–Crippen LogP) is 3.29. The van der Waals surface area contributed by atoms with Crippen molar-refractivity contribution in [3.63, 3.8) is 0 Å². The number of halogens is 1. The molecular formula is C27H30FN3O4S. The number of anilines is 1. The van der Waals surface area contributed by atoms with Gasteiger partial charge in [-0.25, -0.2) is 12.8 Å². The van der Waals surface area contributed by atoms with Gasteiger partial charge in [-0.3, -0.25) is 13.9 Å². The van der Waals surface area contributed by atoms with Crippen LogP contribution in [-0.2, 0) is 32.6 Å². The molecule has 0 bridgehead atoms.